The summed E-state index contributed by atoms with van der Waals surface area (Å²) >= 11 is 0. The van der Waals surface area contributed by atoms with Crippen molar-refractivity contribution in [1.29, 1.82) is 0 Å². The standard InChI is InChI=1S/C14H19N3O3/c18-12-8-6-10(7-9-12)13(19)16-17-14(20)15-11-4-2-1-3-5-11/h6-9,11,18H,1-5H2,(H,16,19)(H2,15,17,20). The van der Waals surface area contributed by atoms with Gasteiger partial charge < -0.3 is 10.4 Å². The lowest BCUT2D eigenvalue weighted by molar-refractivity contribution is 0.0935. The first-order valence-electron chi connectivity index (χ1n) is 6.81. The second-order valence-corrected chi connectivity index (χ2v) is 4.93. The van der Waals surface area contributed by atoms with Crippen molar-refractivity contribution >= 4 is 11.9 Å². The average molecular weight is 277 g/mol. The second-order valence-electron chi connectivity index (χ2n) is 4.93. The van der Waals surface area contributed by atoms with E-state index in [0.29, 0.717) is 5.56 Å². The molecule has 0 aliphatic heterocycles. The van der Waals surface area contributed by atoms with Crippen molar-refractivity contribution in [2.45, 2.75) is 38.1 Å². The molecule has 1 aromatic carbocycles. The summed E-state index contributed by atoms with van der Waals surface area (Å²) in [5, 5.41) is 12.0. The molecule has 0 radical (unpaired) electrons. The van der Waals surface area contributed by atoms with Crippen LogP contribution in [0.2, 0.25) is 0 Å². The van der Waals surface area contributed by atoms with Crippen LogP contribution in [-0.4, -0.2) is 23.1 Å². The number of hydrazine groups is 1. The van der Waals surface area contributed by atoms with Gasteiger partial charge in [-0.05, 0) is 37.1 Å². The average Bonchev–Trinajstić information content (AvgIpc) is 2.46. The van der Waals surface area contributed by atoms with E-state index in [-0.39, 0.29) is 11.8 Å². The van der Waals surface area contributed by atoms with Crippen LogP contribution in [0.3, 0.4) is 0 Å². The van der Waals surface area contributed by atoms with Crippen molar-refractivity contribution in [3.63, 3.8) is 0 Å². The van der Waals surface area contributed by atoms with E-state index in [0.717, 1.165) is 25.7 Å². The van der Waals surface area contributed by atoms with Gasteiger partial charge in [-0.1, -0.05) is 19.3 Å². The van der Waals surface area contributed by atoms with Gasteiger partial charge in [0.2, 0.25) is 0 Å². The number of hydrogen-bond acceptors (Lipinski definition) is 3. The quantitative estimate of drug-likeness (QED) is 0.620. The molecule has 20 heavy (non-hydrogen) atoms. The number of carbonyl (C=O) groups is 2. The fourth-order valence-corrected chi connectivity index (χ4v) is 2.27. The van der Waals surface area contributed by atoms with Gasteiger partial charge in [0, 0.05) is 11.6 Å². The molecule has 0 saturated heterocycles. The van der Waals surface area contributed by atoms with E-state index in [4.69, 9.17) is 5.11 Å². The number of benzene rings is 1. The van der Waals surface area contributed by atoms with Crippen molar-refractivity contribution < 1.29 is 14.7 Å². The van der Waals surface area contributed by atoms with Crippen LogP contribution in [0.5, 0.6) is 5.75 Å². The maximum atomic E-state index is 11.7. The molecule has 2 rings (SSSR count). The Morgan fingerprint density at radius 2 is 1.65 bits per heavy atom. The van der Waals surface area contributed by atoms with Gasteiger partial charge in [-0.25, -0.2) is 10.2 Å². The molecular formula is C14H19N3O3. The fourth-order valence-electron chi connectivity index (χ4n) is 2.27. The normalized spacial score (nSPS) is 15.4. The first kappa shape index (κ1) is 14.2. The number of carbonyl (C=O) groups excluding carboxylic acids is 2. The third-order valence-corrected chi connectivity index (χ3v) is 3.36. The highest BCUT2D eigenvalue weighted by molar-refractivity contribution is 5.95. The van der Waals surface area contributed by atoms with E-state index in [9.17, 15) is 9.59 Å². The van der Waals surface area contributed by atoms with Crippen molar-refractivity contribution in [2.75, 3.05) is 0 Å². The second kappa shape index (κ2) is 6.79. The maximum absolute atomic E-state index is 11.7. The Kier molecular flexibility index (Phi) is 4.81. The Hall–Kier alpha value is -2.24. The molecule has 6 heteroatoms. The minimum absolute atomic E-state index is 0.0875. The smallest absolute Gasteiger partial charge is 0.333 e. The lowest BCUT2D eigenvalue weighted by Crippen LogP contribution is -2.50. The Balaban J connectivity index is 1.75. The van der Waals surface area contributed by atoms with Crippen LogP contribution in [0.1, 0.15) is 42.5 Å². The van der Waals surface area contributed by atoms with Crippen LogP contribution in [-0.2, 0) is 0 Å². The Bertz CT molecular complexity index is 467. The fraction of sp³-hybridized carbons (Fsp3) is 0.429. The summed E-state index contributed by atoms with van der Waals surface area (Å²) in [5.74, 6) is -0.339. The van der Waals surface area contributed by atoms with E-state index in [1.807, 2.05) is 0 Å². The first-order chi connectivity index (χ1) is 9.65. The molecule has 1 saturated carbocycles. The minimum atomic E-state index is -0.427. The predicted molar refractivity (Wildman–Crippen MR) is 74.1 cm³/mol. The first-order valence-corrected chi connectivity index (χ1v) is 6.81. The highest BCUT2D eigenvalue weighted by Crippen LogP contribution is 2.17. The zero-order chi connectivity index (χ0) is 14.4. The molecule has 0 heterocycles. The zero-order valence-electron chi connectivity index (χ0n) is 11.2. The van der Waals surface area contributed by atoms with E-state index >= 15 is 0 Å². The number of hydrogen-bond donors (Lipinski definition) is 4. The number of amides is 3. The van der Waals surface area contributed by atoms with Crippen LogP contribution in [0.15, 0.2) is 24.3 Å². The Morgan fingerprint density at radius 3 is 2.30 bits per heavy atom. The van der Waals surface area contributed by atoms with Gasteiger partial charge in [0.15, 0.2) is 0 Å². The van der Waals surface area contributed by atoms with Gasteiger partial charge in [-0.15, -0.1) is 0 Å². The number of nitrogens with one attached hydrogen (secondary N) is 3. The van der Waals surface area contributed by atoms with Crippen LogP contribution in [0, 0.1) is 0 Å². The Morgan fingerprint density at radius 1 is 1.00 bits per heavy atom. The summed E-state index contributed by atoms with van der Waals surface area (Å²) in [6, 6.07) is 5.57. The van der Waals surface area contributed by atoms with Crippen molar-refractivity contribution in [3.05, 3.63) is 29.8 Å². The molecular weight excluding hydrogens is 258 g/mol. The van der Waals surface area contributed by atoms with Crippen molar-refractivity contribution in [1.82, 2.24) is 16.2 Å². The molecule has 0 spiro atoms. The monoisotopic (exact) mass is 277 g/mol. The Labute approximate surface area is 117 Å². The summed E-state index contributed by atoms with van der Waals surface area (Å²) in [6.45, 7) is 0. The summed E-state index contributed by atoms with van der Waals surface area (Å²) < 4.78 is 0. The van der Waals surface area contributed by atoms with Crippen LogP contribution < -0.4 is 16.2 Å². The SMILES string of the molecule is O=C(NNC(=O)c1ccc(O)cc1)NC1CCCCC1. The highest BCUT2D eigenvalue weighted by atomic mass is 16.3. The molecule has 4 N–H and O–H groups in total. The number of rotatable bonds is 2. The van der Waals surface area contributed by atoms with Gasteiger partial charge in [0.05, 0.1) is 0 Å². The maximum Gasteiger partial charge on any atom is 0.333 e. The molecule has 108 valence electrons. The lowest BCUT2D eigenvalue weighted by atomic mass is 9.96. The largest absolute Gasteiger partial charge is 0.508 e. The van der Waals surface area contributed by atoms with E-state index < -0.39 is 11.9 Å². The number of phenolic OH excluding ortho intramolecular Hbond substituents is 1. The lowest BCUT2D eigenvalue weighted by Gasteiger charge is -2.22. The van der Waals surface area contributed by atoms with Gasteiger partial charge in [0.1, 0.15) is 5.75 Å². The van der Waals surface area contributed by atoms with Gasteiger partial charge >= 0.3 is 6.03 Å². The molecule has 3 amide bonds. The van der Waals surface area contributed by atoms with E-state index in [2.05, 4.69) is 16.2 Å². The predicted octanol–water partition coefficient (Wildman–Crippen LogP) is 1.67. The molecule has 0 bridgehead atoms. The molecule has 1 fully saturated rings. The molecule has 1 aliphatic carbocycles. The minimum Gasteiger partial charge on any atom is -0.508 e. The van der Waals surface area contributed by atoms with Gasteiger partial charge in [-0.2, -0.15) is 0 Å². The summed E-state index contributed by atoms with van der Waals surface area (Å²) in [6.07, 6.45) is 5.45. The zero-order valence-corrected chi connectivity index (χ0v) is 11.2. The van der Waals surface area contributed by atoms with Crippen LogP contribution in [0.25, 0.3) is 0 Å². The van der Waals surface area contributed by atoms with Crippen molar-refractivity contribution in [3.8, 4) is 5.75 Å². The topological polar surface area (TPSA) is 90.5 Å². The van der Waals surface area contributed by atoms with Crippen LogP contribution in [0.4, 0.5) is 4.79 Å². The third-order valence-electron chi connectivity index (χ3n) is 3.36. The van der Waals surface area contributed by atoms with Gasteiger partial charge in [0.25, 0.3) is 5.91 Å². The van der Waals surface area contributed by atoms with Gasteiger partial charge in [-0.3, -0.25) is 10.2 Å². The van der Waals surface area contributed by atoms with E-state index in [1.165, 1.54) is 30.7 Å². The molecule has 1 aliphatic rings. The number of phenols is 1. The summed E-state index contributed by atoms with van der Waals surface area (Å²) in [5.41, 5.74) is 5.02. The third kappa shape index (κ3) is 4.15. The number of urea groups is 1. The molecule has 0 atom stereocenters. The summed E-state index contributed by atoms with van der Waals surface area (Å²) in [7, 11) is 0. The molecule has 1 aromatic rings. The van der Waals surface area contributed by atoms with Crippen LogP contribution >= 0.6 is 0 Å². The highest BCUT2D eigenvalue weighted by Gasteiger charge is 2.15. The summed E-state index contributed by atoms with van der Waals surface area (Å²) in [4.78, 5) is 23.3. The molecule has 0 unspecified atom stereocenters. The number of aromatic hydroxyl groups is 1. The van der Waals surface area contributed by atoms with E-state index in [1.54, 1.807) is 0 Å². The molecule has 0 aromatic heterocycles. The van der Waals surface area contributed by atoms with Crippen molar-refractivity contribution in [2.24, 2.45) is 0 Å². The molecule has 6 nitrogen and oxygen atoms in total.